The Balaban J connectivity index is 2.17. The molecule has 0 aliphatic rings. The van der Waals surface area contributed by atoms with Gasteiger partial charge in [0, 0.05) is 17.1 Å². The molecule has 0 bridgehead atoms. The molecule has 2 aromatic rings. The molecule has 2 N–H and O–H groups in total. The number of benzene rings is 1. The summed E-state index contributed by atoms with van der Waals surface area (Å²) in [7, 11) is 0. The number of hydrogen-bond donors (Lipinski definition) is 1. The summed E-state index contributed by atoms with van der Waals surface area (Å²) in [5.74, 6) is 1.50. The molecule has 0 saturated heterocycles. The SMILES string of the molecule is CCn1cc(Oc2ccc([C@H](C)N)c(Br)c2)cn1. The average Bonchev–Trinajstić information content (AvgIpc) is 2.76. The fourth-order valence-corrected chi connectivity index (χ4v) is 2.37. The Kier molecular flexibility index (Phi) is 4.04. The molecule has 1 atom stereocenters. The fraction of sp³-hybridized carbons (Fsp3) is 0.308. The van der Waals surface area contributed by atoms with Crippen LogP contribution in [-0.2, 0) is 6.54 Å². The quantitative estimate of drug-likeness (QED) is 0.940. The number of halogens is 1. The van der Waals surface area contributed by atoms with E-state index in [-0.39, 0.29) is 6.04 Å². The van der Waals surface area contributed by atoms with Gasteiger partial charge in [-0.1, -0.05) is 22.0 Å². The second-order valence-corrected chi connectivity index (χ2v) is 4.96. The van der Waals surface area contributed by atoms with E-state index < -0.39 is 0 Å². The largest absolute Gasteiger partial charge is 0.454 e. The van der Waals surface area contributed by atoms with Crippen molar-refractivity contribution in [3.05, 3.63) is 40.6 Å². The van der Waals surface area contributed by atoms with E-state index in [1.54, 1.807) is 6.20 Å². The standard InChI is InChI=1S/C13H16BrN3O/c1-3-17-8-11(7-16-17)18-10-4-5-12(9(2)15)13(14)6-10/h4-9H,3,15H2,1-2H3/t9-/m0/s1. The van der Waals surface area contributed by atoms with Crippen molar-refractivity contribution in [2.45, 2.75) is 26.4 Å². The number of nitrogens with zero attached hydrogens (tertiary/aromatic N) is 2. The van der Waals surface area contributed by atoms with Crippen molar-refractivity contribution in [3.63, 3.8) is 0 Å². The van der Waals surface area contributed by atoms with Crippen LogP contribution in [-0.4, -0.2) is 9.78 Å². The van der Waals surface area contributed by atoms with Crippen LogP contribution in [0.15, 0.2) is 35.1 Å². The summed E-state index contributed by atoms with van der Waals surface area (Å²) in [6.07, 6.45) is 3.57. The van der Waals surface area contributed by atoms with E-state index in [0.717, 1.165) is 28.1 Å². The van der Waals surface area contributed by atoms with E-state index in [2.05, 4.69) is 21.0 Å². The predicted octanol–water partition coefficient (Wildman–Crippen LogP) is 3.48. The van der Waals surface area contributed by atoms with Gasteiger partial charge in [-0.25, -0.2) is 0 Å². The second-order valence-electron chi connectivity index (χ2n) is 4.11. The van der Waals surface area contributed by atoms with Gasteiger partial charge in [-0.2, -0.15) is 5.10 Å². The van der Waals surface area contributed by atoms with Gasteiger partial charge in [0.2, 0.25) is 0 Å². The van der Waals surface area contributed by atoms with Crippen LogP contribution in [0.1, 0.15) is 25.5 Å². The molecule has 1 aromatic carbocycles. The van der Waals surface area contributed by atoms with Gasteiger partial charge in [-0.3, -0.25) is 4.68 Å². The maximum Gasteiger partial charge on any atom is 0.165 e. The molecule has 4 nitrogen and oxygen atoms in total. The molecule has 1 heterocycles. The van der Waals surface area contributed by atoms with Crippen LogP contribution < -0.4 is 10.5 Å². The molecule has 18 heavy (non-hydrogen) atoms. The third kappa shape index (κ3) is 2.91. The Labute approximate surface area is 115 Å². The molecule has 0 fully saturated rings. The monoisotopic (exact) mass is 309 g/mol. The van der Waals surface area contributed by atoms with Crippen molar-refractivity contribution in [2.75, 3.05) is 0 Å². The zero-order valence-corrected chi connectivity index (χ0v) is 12.0. The number of aromatic nitrogens is 2. The van der Waals surface area contributed by atoms with Crippen LogP contribution in [0, 0.1) is 0 Å². The minimum Gasteiger partial charge on any atom is -0.454 e. The Bertz CT molecular complexity index is 537. The highest BCUT2D eigenvalue weighted by Gasteiger charge is 2.07. The molecule has 0 spiro atoms. The van der Waals surface area contributed by atoms with E-state index in [1.807, 2.05) is 42.9 Å². The topological polar surface area (TPSA) is 53.1 Å². The number of nitrogens with two attached hydrogens (primary N) is 1. The molecule has 96 valence electrons. The van der Waals surface area contributed by atoms with Gasteiger partial charge in [0.25, 0.3) is 0 Å². The lowest BCUT2D eigenvalue weighted by Gasteiger charge is -2.10. The Hall–Kier alpha value is -1.33. The zero-order chi connectivity index (χ0) is 13.1. The normalized spacial score (nSPS) is 12.4. The van der Waals surface area contributed by atoms with Crippen LogP contribution in [0.4, 0.5) is 0 Å². The molecular weight excluding hydrogens is 294 g/mol. The highest BCUT2D eigenvalue weighted by atomic mass is 79.9. The minimum atomic E-state index is -0.00346. The van der Waals surface area contributed by atoms with Crippen molar-refractivity contribution in [2.24, 2.45) is 5.73 Å². The van der Waals surface area contributed by atoms with E-state index in [0.29, 0.717) is 0 Å². The molecule has 5 heteroatoms. The van der Waals surface area contributed by atoms with Gasteiger partial charge in [0.1, 0.15) is 5.75 Å². The summed E-state index contributed by atoms with van der Waals surface area (Å²) in [4.78, 5) is 0. The van der Waals surface area contributed by atoms with Gasteiger partial charge < -0.3 is 10.5 Å². The third-order valence-corrected chi connectivity index (χ3v) is 3.32. The Morgan fingerprint density at radius 2 is 2.22 bits per heavy atom. The van der Waals surface area contributed by atoms with Crippen molar-refractivity contribution in [1.29, 1.82) is 0 Å². The first-order valence-corrected chi connectivity index (χ1v) is 6.64. The number of rotatable bonds is 4. The Morgan fingerprint density at radius 1 is 1.44 bits per heavy atom. The summed E-state index contributed by atoms with van der Waals surface area (Å²) in [6, 6.07) is 5.79. The first kappa shape index (κ1) is 13.1. The zero-order valence-electron chi connectivity index (χ0n) is 10.4. The lowest BCUT2D eigenvalue weighted by Crippen LogP contribution is -2.05. The van der Waals surface area contributed by atoms with Gasteiger partial charge in [-0.05, 0) is 31.5 Å². The predicted molar refractivity (Wildman–Crippen MR) is 74.7 cm³/mol. The van der Waals surface area contributed by atoms with Crippen LogP contribution >= 0.6 is 15.9 Å². The molecule has 0 saturated carbocycles. The number of hydrogen-bond acceptors (Lipinski definition) is 3. The lowest BCUT2D eigenvalue weighted by atomic mass is 10.1. The highest BCUT2D eigenvalue weighted by molar-refractivity contribution is 9.10. The molecular formula is C13H16BrN3O. The lowest BCUT2D eigenvalue weighted by molar-refractivity contribution is 0.480. The average molecular weight is 310 g/mol. The maximum atomic E-state index is 5.85. The molecule has 0 aliphatic carbocycles. The maximum absolute atomic E-state index is 5.85. The molecule has 0 radical (unpaired) electrons. The van der Waals surface area contributed by atoms with Crippen LogP contribution in [0.25, 0.3) is 0 Å². The van der Waals surface area contributed by atoms with Crippen molar-refractivity contribution >= 4 is 15.9 Å². The molecule has 0 amide bonds. The Morgan fingerprint density at radius 3 is 2.78 bits per heavy atom. The molecule has 1 aromatic heterocycles. The summed E-state index contributed by atoms with van der Waals surface area (Å²) in [5.41, 5.74) is 6.92. The summed E-state index contributed by atoms with van der Waals surface area (Å²) >= 11 is 3.50. The van der Waals surface area contributed by atoms with Gasteiger partial charge in [-0.15, -0.1) is 0 Å². The van der Waals surface area contributed by atoms with Gasteiger partial charge in [0.05, 0.1) is 12.4 Å². The first-order valence-electron chi connectivity index (χ1n) is 5.85. The third-order valence-electron chi connectivity index (χ3n) is 2.63. The van der Waals surface area contributed by atoms with E-state index >= 15 is 0 Å². The van der Waals surface area contributed by atoms with E-state index in [4.69, 9.17) is 10.5 Å². The van der Waals surface area contributed by atoms with Gasteiger partial charge >= 0.3 is 0 Å². The van der Waals surface area contributed by atoms with Crippen molar-refractivity contribution in [1.82, 2.24) is 9.78 Å². The fourth-order valence-electron chi connectivity index (χ4n) is 1.65. The molecule has 2 rings (SSSR count). The summed E-state index contributed by atoms with van der Waals surface area (Å²) in [6.45, 7) is 4.81. The van der Waals surface area contributed by atoms with Gasteiger partial charge in [0.15, 0.2) is 5.75 Å². The highest BCUT2D eigenvalue weighted by Crippen LogP contribution is 2.29. The van der Waals surface area contributed by atoms with Crippen LogP contribution in [0.3, 0.4) is 0 Å². The first-order chi connectivity index (χ1) is 8.60. The number of aryl methyl sites for hydroxylation is 1. The molecule has 0 aliphatic heterocycles. The molecule has 0 unspecified atom stereocenters. The summed E-state index contributed by atoms with van der Waals surface area (Å²) < 4.78 is 8.50. The van der Waals surface area contributed by atoms with E-state index in [9.17, 15) is 0 Å². The minimum absolute atomic E-state index is 0.00346. The summed E-state index contributed by atoms with van der Waals surface area (Å²) in [5, 5.41) is 4.16. The second kappa shape index (κ2) is 5.54. The van der Waals surface area contributed by atoms with Crippen molar-refractivity contribution in [3.8, 4) is 11.5 Å². The van der Waals surface area contributed by atoms with Crippen molar-refractivity contribution < 1.29 is 4.74 Å². The van der Waals surface area contributed by atoms with Crippen LogP contribution in [0.2, 0.25) is 0 Å². The van der Waals surface area contributed by atoms with E-state index in [1.165, 1.54) is 0 Å². The smallest absolute Gasteiger partial charge is 0.165 e. The van der Waals surface area contributed by atoms with Crippen LogP contribution in [0.5, 0.6) is 11.5 Å². The number of ether oxygens (including phenoxy) is 1.